The number of nitrogens with one attached hydrogen (secondary N) is 1. The molecule has 0 atom stereocenters. The van der Waals surface area contributed by atoms with Crippen LogP contribution in [0.15, 0.2) is 67.1 Å². The standard InChI is InChI=1S/C26H25FN6/c27-19-11-9-18(10-12-19)23-24(21-13-14-28-26(30-21)29-20-6-1-2-7-20)33-17-5-8-22(25(33)31-23)32-15-3-4-16-32/h3,5,8-15,17,20H,1-2,4,6-7,16H2,(H,28,29,30). The quantitative estimate of drug-likeness (QED) is 0.433. The second-order valence-corrected chi connectivity index (χ2v) is 8.66. The number of pyridine rings is 1. The van der Waals surface area contributed by atoms with E-state index in [0.717, 1.165) is 59.8 Å². The highest BCUT2D eigenvalue weighted by Gasteiger charge is 2.22. The Morgan fingerprint density at radius 1 is 1.00 bits per heavy atom. The van der Waals surface area contributed by atoms with Gasteiger partial charge in [0.25, 0.3) is 0 Å². The van der Waals surface area contributed by atoms with E-state index in [1.54, 1.807) is 18.3 Å². The van der Waals surface area contributed by atoms with Crippen LogP contribution in [0.5, 0.6) is 0 Å². The maximum Gasteiger partial charge on any atom is 0.223 e. The van der Waals surface area contributed by atoms with E-state index in [4.69, 9.17) is 9.97 Å². The van der Waals surface area contributed by atoms with Crippen LogP contribution in [0, 0.1) is 5.82 Å². The van der Waals surface area contributed by atoms with Gasteiger partial charge in [0, 0.05) is 36.7 Å². The summed E-state index contributed by atoms with van der Waals surface area (Å²) in [7, 11) is 0. The molecule has 0 bridgehead atoms. The molecule has 0 radical (unpaired) electrons. The summed E-state index contributed by atoms with van der Waals surface area (Å²) in [6.07, 6.45) is 13.9. The number of aromatic nitrogens is 4. The SMILES string of the molecule is Fc1ccc(-c2nc3c(N4C=CCC4)cccn3c2-c2ccnc(NC3CCCC3)n2)cc1. The highest BCUT2D eigenvalue weighted by molar-refractivity contribution is 5.85. The van der Waals surface area contributed by atoms with E-state index < -0.39 is 0 Å². The lowest BCUT2D eigenvalue weighted by molar-refractivity contribution is 0.628. The van der Waals surface area contributed by atoms with E-state index >= 15 is 0 Å². The Morgan fingerprint density at radius 2 is 1.85 bits per heavy atom. The average Bonchev–Trinajstić information content (AvgIpc) is 3.60. The summed E-state index contributed by atoms with van der Waals surface area (Å²) in [4.78, 5) is 16.6. The molecule has 1 saturated carbocycles. The number of fused-ring (bicyclic) bond motifs is 1. The van der Waals surface area contributed by atoms with Crippen LogP contribution in [-0.4, -0.2) is 31.9 Å². The lowest BCUT2D eigenvalue weighted by Crippen LogP contribution is -2.16. The van der Waals surface area contributed by atoms with Crippen LogP contribution in [0.2, 0.25) is 0 Å². The van der Waals surface area contributed by atoms with Crippen LogP contribution in [0.25, 0.3) is 28.3 Å². The van der Waals surface area contributed by atoms with Crippen LogP contribution in [0.4, 0.5) is 16.0 Å². The lowest BCUT2D eigenvalue weighted by atomic mass is 10.1. The number of imidazole rings is 1. The van der Waals surface area contributed by atoms with Crippen LogP contribution >= 0.6 is 0 Å². The zero-order chi connectivity index (χ0) is 22.2. The van der Waals surface area contributed by atoms with Crippen molar-refractivity contribution >= 4 is 17.3 Å². The summed E-state index contributed by atoms with van der Waals surface area (Å²) in [6.45, 7) is 0.927. The highest BCUT2D eigenvalue weighted by Crippen LogP contribution is 2.36. The lowest BCUT2D eigenvalue weighted by Gasteiger charge is -2.16. The monoisotopic (exact) mass is 440 g/mol. The second kappa shape index (κ2) is 8.31. The molecular weight excluding hydrogens is 415 g/mol. The molecule has 0 amide bonds. The Bertz CT molecular complexity index is 1320. The summed E-state index contributed by atoms with van der Waals surface area (Å²) in [5, 5.41) is 3.50. The number of benzene rings is 1. The van der Waals surface area contributed by atoms with Crippen molar-refractivity contribution in [1.82, 2.24) is 19.4 Å². The molecule has 1 aromatic carbocycles. The topological polar surface area (TPSA) is 58.4 Å². The molecule has 1 fully saturated rings. The van der Waals surface area contributed by atoms with Crippen molar-refractivity contribution in [1.29, 1.82) is 0 Å². The fourth-order valence-electron chi connectivity index (χ4n) is 4.83. The zero-order valence-electron chi connectivity index (χ0n) is 18.3. The summed E-state index contributed by atoms with van der Waals surface area (Å²) < 4.78 is 15.8. The minimum Gasteiger partial charge on any atom is -0.351 e. The first-order chi connectivity index (χ1) is 16.3. The van der Waals surface area contributed by atoms with E-state index in [1.807, 2.05) is 18.3 Å². The number of rotatable bonds is 5. The van der Waals surface area contributed by atoms with Gasteiger partial charge in [-0.3, -0.25) is 4.40 Å². The van der Waals surface area contributed by atoms with Gasteiger partial charge in [0.15, 0.2) is 5.65 Å². The molecule has 166 valence electrons. The van der Waals surface area contributed by atoms with Gasteiger partial charge >= 0.3 is 0 Å². The molecule has 1 aliphatic carbocycles. The summed E-state index contributed by atoms with van der Waals surface area (Å²) >= 11 is 0. The number of halogens is 1. The van der Waals surface area contributed by atoms with E-state index in [9.17, 15) is 4.39 Å². The first-order valence-electron chi connectivity index (χ1n) is 11.6. The molecule has 1 aliphatic heterocycles. The second-order valence-electron chi connectivity index (χ2n) is 8.66. The first kappa shape index (κ1) is 19.9. The minimum atomic E-state index is -0.267. The number of hydrogen-bond acceptors (Lipinski definition) is 5. The molecule has 0 saturated heterocycles. The normalized spacial score (nSPS) is 16.2. The van der Waals surface area contributed by atoms with Gasteiger partial charge in [0.05, 0.1) is 22.8 Å². The number of hydrogen-bond donors (Lipinski definition) is 1. The minimum absolute atomic E-state index is 0.267. The fraction of sp³-hybridized carbons (Fsp3) is 0.269. The van der Waals surface area contributed by atoms with E-state index in [-0.39, 0.29) is 5.82 Å². The van der Waals surface area contributed by atoms with Gasteiger partial charge in [-0.25, -0.2) is 19.3 Å². The van der Waals surface area contributed by atoms with Crippen molar-refractivity contribution in [3.63, 3.8) is 0 Å². The highest BCUT2D eigenvalue weighted by atomic mass is 19.1. The molecule has 2 aliphatic rings. The molecule has 7 heteroatoms. The van der Waals surface area contributed by atoms with Crippen molar-refractivity contribution in [3.05, 3.63) is 73.0 Å². The van der Waals surface area contributed by atoms with Crippen molar-refractivity contribution in [3.8, 4) is 22.6 Å². The van der Waals surface area contributed by atoms with Gasteiger partial charge < -0.3 is 10.2 Å². The Labute approximate surface area is 191 Å². The molecule has 6 rings (SSSR count). The smallest absolute Gasteiger partial charge is 0.223 e. The third-order valence-electron chi connectivity index (χ3n) is 6.47. The molecule has 1 N–H and O–H groups in total. The van der Waals surface area contributed by atoms with Crippen LogP contribution in [0.3, 0.4) is 0 Å². The number of nitrogens with zero attached hydrogens (tertiary/aromatic N) is 5. The van der Waals surface area contributed by atoms with Crippen LogP contribution < -0.4 is 10.2 Å². The van der Waals surface area contributed by atoms with Crippen molar-refractivity contribution in [2.75, 3.05) is 16.8 Å². The number of anilines is 2. The summed E-state index contributed by atoms with van der Waals surface area (Å²) in [6, 6.07) is 13.0. The van der Waals surface area contributed by atoms with Crippen molar-refractivity contribution < 1.29 is 4.39 Å². The molecular formula is C26H25FN6. The Morgan fingerprint density at radius 3 is 2.64 bits per heavy atom. The molecule has 0 unspecified atom stereocenters. The van der Waals surface area contributed by atoms with Gasteiger partial charge in [0.1, 0.15) is 5.82 Å². The van der Waals surface area contributed by atoms with Crippen LogP contribution in [0.1, 0.15) is 32.1 Å². The molecule has 4 heterocycles. The van der Waals surface area contributed by atoms with E-state index in [0.29, 0.717) is 12.0 Å². The molecule has 0 spiro atoms. The predicted octanol–water partition coefficient (Wildman–Crippen LogP) is 5.68. The van der Waals surface area contributed by atoms with E-state index in [1.165, 1.54) is 25.0 Å². The predicted molar refractivity (Wildman–Crippen MR) is 129 cm³/mol. The van der Waals surface area contributed by atoms with Crippen LogP contribution in [-0.2, 0) is 0 Å². The average molecular weight is 441 g/mol. The maximum atomic E-state index is 13.7. The van der Waals surface area contributed by atoms with Gasteiger partial charge in [-0.05, 0) is 61.7 Å². The van der Waals surface area contributed by atoms with Gasteiger partial charge in [-0.2, -0.15) is 0 Å². The maximum absolute atomic E-state index is 13.7. The fourth-order valence-corrected chi connectivity index (χ4v) is 4.83. The van der Waals surface area contributed by atoms with Gasteiger partial charge in [-0.15, -0.1) is 0 Å². The first-order valence-corrected chi connectivity index (χ1v) is 11.6. The Hall–Kier alpha value is -3.74. The third kappa shape index (κ3) is 3.73. The largest absolute Gasteiger partial charge is 0.351 e. The van der Waals surface area contributed by atoms with Gasteiger partial charge in [0.2, 0.25) is 5.95 Å². The summed E-state index contributed by atoms with van der Waals surface area (Å²) in [5.74, 6) is 0.370. The molecule has 3 aromatic heterocycles. The Kier molecular flexibility index (Phi) is 5.02. The van der Waals surface area contributed by atoms with Gasteiger partial charge in [-0.1, -0.05) is 18.9 Å². The van der Waals surface area contributed by atoms with E-state index in [2.05, 4.69) is 37.9 Å². The third-order valence-corrected chi connectivity index (χ3v) is 6.47. The van der Waals surface area contributed by atoms with Crippen molar-refractivity contribution in [2.24, 2.45) is 0 Å². The summed E-state index contributed by atoms with van der Waals surface area (Å²) in [5.41, 5.74) is 5.17. The molecule has 6 nitrogen and oxygen atoms in total. The molecule has 33 heavy (non-hydrogen) atoms. The molecule has 4 aromatic rings. The zero-order valence-corrected chi connectivity index (χ0v) is 18.3. The van der Waals surface area contributed by atoms with Crippen molar-refractivity contribution in [2.45, 2.75) is 38.1 Å². The Balaban J connectivity index is 1.52.